The SMILES string of the molecule is CCCCc1c(O)n(Cc2ccc(OC)cc2)c2nc3c(c(=O)n(CCC)c(=O)n3CCC)n2c1=O. The van der Waals surface area contributed by atoms with E-state index < -0.39 is 16.8 Å². The van der Waals surface area contributed by atoms with Crippen LogP contribution in [0.5, 0.6) is 11.6 Å². The van der Waals surface area contributed by atoms with E-state index in [2.05, 4.69) is 4.98 Å². The number of aromatic nitrogens is 5. The van der Waals surface area contributed by atoms with E-state index in [4.69, 9.17) is 4.74 Å². The number of benzene rings is 1. The van der Waals surface area contributed by atoms with E-state index >= 15 is 0 Å². The smallest absolute Gasteiger partial charge is 0.332 e. The molecule has 0 unspecified atom stereocenters. The fourth-order valence-corrected chi connectivity index (χ4v) is 4.57. The highest BCUT2D eigenvalue weighted by Gasteiger charge is 2.25. The van der Waals surface area contributed by atoms with E-state index in [1.165, 1.54) is 13.5 Å². The third-order valence-electron chi connectivity index (χ3n) is 6.41. The predicted octanol–water partition coefficient (Wildman–Crippen LogP) is 2.90. The lowest BCUT2D eigenvalue weighted by Gasteiger charge is -2.15. The third-order valence-corrected chi connectivity index (χ3v) is 6.41. The summed E-state index contributed by atoms with van der Waals surface area (Å²) in [6.07, 6.45) is 3.13. The number of nitrogens with zero attached hydrogens (tertiary/aromatic N) is 5. The van der Waals surface area contributed by atoms with Crippen molar-refractivity contribution in [2.75, 3.05) is 7.11 Å². The Morgan fingerprint density at radius 2 is 1.56 bits per heavy atom. The summed E-state index contributed by atoms with van der Waals surface area (Å²) in [6, 6.07) is 7.36. The number of hydrogen-bond acceptors (Lipinski definition) is 6. The number of ether oxygens (including phenoxy) is 1. The minimum Gasteiger partial charge on any atom is -0.497 e. The van der Waals surface area contributed by atoms with Crippen LogP contribution in [-0.2, 0) is 26.1 Å². The molecule has 0 saturated heterocycles. The standard InChI is InChI=1S/C26H33N5O5/c1-5-8-9-19-22(32)30(16-17-10-12-18(36-4)13-11-17)25-27-21-20(31(25)23(19)33)24(34)29(15-7-3)26(35)28(21)14-6-2/h10-13,32H,5-9,14-16H2,1-4H3. The van der Waals surface area contributed by atoms with Crippen molar-refractivity contribution in [3.63, 3.8) is 0 Å². The molecule has 0 aliphatic rings. The van der Waals surface area contributed by atoms with Crippen LogP contribution < -0.4 is 21.5 Å². The molecule has 0 saturated carbocycles. The Labute approximate surface area is 208 Å². The number of rotatable bonds is 10. The summed E-state index contributed by atoms with van der Waals surface area (Å²) in [4.78, 5) is 45.0. The molecule has 0 bridgehead atoms. The molecule has 10 heteroatoms. The van der Waals surface area contributed by atoms with Crippen molar-refractivity contribution in [3.8, 4) is 11.6 Å². The molecule has 192 valence electrons. The lowest BCUT2D eigenvalue weighted by Crippen LogP contribution is -2.41. The molecule has 4 aromatic rings. The molecule has 4 rings (SSSR count). The maximum Gasteiger partial charge on any atom is 0.332 e. The molecule has 0 atom stereocenters. The molecule has 1 N–H and O–H groups in total. The quantitative estimate of drug-likeness (QED) is 0.362. The first-order chi connectivity index (χ1) is 17.4. The summed E-state index contributed by atoms with van der Waals surface area (Å²) in [6.45, 7) is 6.63. The maximum atomic E-state index is 13.7. The average molecular weight is 496 g/mol. The van der Waals surface area contributed by atoms with E-state index in [9.17, 15) is 19.5 Å². The van der Waals surface area contributed by atoms with Crippen LogP contribution in [0.1, 0.15) is 57.6 Å². The average Bonchev–Trinajstić information content (AvgIpc) is 3.28. The monoisotopic (exact) mass is 495 g/mol. The highest BCUT2D eigenvalue weighted by molar-refractivity contribution is 5.75. The predicted molar refractivity (Wildman–Crippen MR) is 138 cm³/mol. The van der Waals surface area contributed by atoms with Crippen LogP contribution in [0.15, 0.2) is 38.6 Å². The van der Waals surface area contributed by atoms with Gasteiger partial charge in [-0.05, 0) is 43.4 Å². The summed E-state index contributed by atoms with van der Waals surface area (Å²) in [5.74, 6) is 0.646. The van der Waals surface area contributed by atoms with E-state index in [0.29, 0.717) is 38.0 Å². The second-order valence-electron chi connectivity index (χ2n) is 8.96. The second-order valence-corrected chi connectivity index (χ2v) is 8.96. The molecule has 0 fully saturated rings. The number of aromatic hydroxyl groups is 1. The molecule has 10 nitrogen and oxygen atoms in total. The molecule has 0 radical (unpaired) electrons. The van der Waals surface area contributed by atoms with Gasteiger partial charge in [0.25, 0.3) is 11.1 Å². The zero-order valence-corrected chi connectivity index (χ0v) is 21.3. The first-order valence-electron chi connectivity index (χ1n) is 12.5. The first kappa shape index (κ1) is 25.3. The van der Waals surface area contributed by atoms with Crippen LogP contribution >= 0.6 is 0 Å². The van der Waals surface area contributed by atoms with Gasteiger partial charge in [0.2, 0.25) is 11.7 Å². The van der Waals surface area contributed by atoms with Gasteiger partial charge in [-0.1, -0.05) is 39.3 Å². The number of unbranched alkanes of at least 4 members (excludes halogenated alkanes) is 1. The Balaban J connectivity index is 2.12. The van der Waals surface area contributed by atoms with E-state index in [1.807, 2.05) is 45.0 Å². The van der Waals surface area contributed by atoms with Crippen molar-refractivity contribution in [1.82, 2.24) is 23.1 Å². The van der Waals surface area contributed by atoms with Gasteiger partial charge in [0, 0.05) is 13.1 Å². The third kappa shape index (κ3) is 4.20. The Morgan fingerprint density at radius 3 is 2.17 bits per heavy atom. The zero-order chi connectivity index (χ0) is 26.0. The largest absolute Gasteiger partial charge is 0.497 e. The Kier molecular flexibility index (Phi) is 7.32. The maximum absolute atomic E-state index is 13.7. The molecule has 1 aromatic carbocycles. The Bertz CT molecular complexity index is 1570. The molecule has 0 spiro atoms. The minimum absolute atomic E-state index is 0.0673. The van der Waals surface area contributed by atoms with Gasteiger partial charge in [0.15, 0.2) is 11.2 Å². The van der Waals surface area contributed by atoms with Gasteiger partial charge in [-0.25, -0.2) is 9.20 Å². The van der Waals surface area contributed by atoms with Crippen LogP contribution in [0.4, 0.5) is 0 Å². The molecule has 0 amide bonds. The van der Waals surface area contributed by atoms with Gasteiger partial charge in [-0.3, -0.25) is 23.3 Å². The van der Waals surface area contributed by atoms with Crippen LogP contribution in [0.3, 0.4) is 0 Å². The number of methoxy groups -OCH3 is 1. The zero-order valence-electron chi connectivity index (χ0n) is 21.3. The minimum atomic E-state index is -0.545. The molecular formula is C26H33N5O5. The summed E-state index contributed by atoms with van der Waals surface area (Å²) >= 11 is 0. The number of imidazole rings is 1. The molecular weight excluding hydrogens is 462 g/mol. The Hall–Kier alpha value is -3.82. The highest BCUT2D eigenvalue weighted by Crippen LogP contribution is 2.23. The van der Waals surface area contributed by atoms with Crippen molar-refractivity contribution in [1.29, 1.82) is 0 Å². The molecule has 3 heterocycles. The van der Waals surface area contributed by atoms with Crippen LogP contribution in [0.2, 0.25) is 0 Å². The Morgan fingerprint density at radius 1 is 0.889 bits per heavy atom. The van der Waals surface area contributed by atoms with E-state index in [0.717, 1.165) is 12.0 Å². The van der Waals surface area contributed by atoms with Crippen molar-refractivity contribution < 1.29 is 9.84 Å². The first-order valence-corrected chi connectivity index (χ1v) is 12.5. The van der Waals surface area contributed by atoms with Crippen molar-refractivity contribution >= 4 is 16.9 Å². The fourth-order valence-electron chi connectivity index (χ4n) is 4.57. The van der Waals surface area contributed by atoms with E-state index in [-0.39, 0.29) is 41.5 Å². The summed E-state index contributed by atoms with van der Waals surface area (Å²) in [5, 5.41) is 11.2. The normalized spacial score (nSPS) is 11.6. The second kappa shape index (κ2) is 10.4. The highest BCUT2D eigenvalue weighted by atomic mass is 16.5. The van der Waals surface area contributed by atoms with Gasteiger partial charge in [-0.2, -0.15) is 4.98 Å². The number of aryl methyl sites for hydroxylation is 1. The summed E-state index contributed by atoms with van der Waals surface area (Å²) in [5.41, 5.74) is -0.164. The van der Waals surface area contributed by atoms with Crippen LogP contribution in [0.25, 0.3) is 16.9 Å². The molecule has 3 aromatic heterocycles. The van der Waals surface area contributed by atoms with Gasteiger partial charge >= 0.3 is 5.69 Å². The van der Waals surface area contributed by atoms with Gasteiger partial charge in [0.1, 0.15) is 5.75 Å². The summed E-state index contributed by atoms with van der Waals surface area (Å²) < 4.78 is 10.7. The lowest BCUT2D eigenvalue weighted by molar-refractivity contribution is 0.409. The van der Waals surface area contributed by atoms with Gasteiger partial charge in [-0.15, -0.1) is 0 Å². The number of hydrogen-bond donors (Lipinski definition) is 1. The fraction of sp³-hybridized carbons (Fsp3) is 0.462. The van der Waals surface area contributed by atoms with Crippen molar-refractivity contribution in [2.24, 2.45) is 0 Å². The van der Waals surface area contributed by atoms with Crippen LogP contribution in [-0.4, -0.2) is 35.3 Å². The van der Waals surface area contributed by atoms with Crippen molar-refractivity contribution in [3.05, 3.63) is 66.6 Å². The van der Waals surface area contributed by atoms with Crippen molar-refractivity contribution in [2.45, 2.75) is 72.5 Å². The molecule has 0 aliphatic carbocycles. The molecule has 0 aliphatic heterocycles. The van der Waals surface area contributed by atoms with Gasteiger partial charge < -0.3 is 9.84 Å². The summed E-state index contributed by atoms with van der Waals surface area (Å²) in [7, 11) is 1.59. The van der Waals surface area contributed by atoms with E-state index in [1.54, 1.807) is 11.7 Å². The van der Waals surface area contributed by atoms with Gasteiger partial charge in [0.05, 0.1) is 19.2 Å². The number of fused-ring (bicyclic) bond motifs is 3. The van der Waals surface area contributed by atoms with Crippen LogP contribution in [0, 0.1) is 0 Å². The lowest BCUT2D eigenvalue weighted by atomic mass is 10.1. The topological polar surface area (TPSA) is 113 Å². The molecule has 36 heavy (non-hydrogen) atoms.